The van der Waals surface area contributed by atoms with Crippen LogP contribution in [-0.2, 0) is 20.7 Å². The molecule has 7 heteroatoms. The Morgan fingerprint density at radius 3 is 2.63 bits per heavy atom. The molecular formula is C23H21N3O4. The molecule has 0 unspecified atom stereocenters. The number of terminal acetylenes is 1. The molecule has 1 aromatic heterocycles. The fourth-order valence-electron chi connectivity index (χ4n) is 2.94. The van der Waals surface area contributed by atoms with Gasteiger partial charge in [0, 0.05) is 6.42 Å². The molecule has 0 atom stereocenters. The lowest BCUT2D eigenvalue weighted by Crippen LogP contribution is -2.29. The van der Waals surface area contributed by atoms with Crippen LogP contribution in [0.25, 0.3) is 16.6 Å². The molecule has 0 radical (unpaired) electrons. The second-order valence-corrected chi connectivity index (χ2v) is 6.66. The van der Waals surface area contributed by atoms with Crippen molar-refractivity contribution in [2.45, 2.75) is 19.8 Å². The van der Waals surface area contributed by atoms with Gasteiger partial charge in [0.25, 0.3) is 11.5 Å². The van der Waals surface area contributed by atoms with Crippen LogP contribution in [0, 0.1) is 19.3 Å². The average Bonchev–Trinajstić information content (AvgIpc) is 2.76. The lowest BCUT2D eigenvalue weighted by Gasteiger charge is -2.14. The Labute approximate surface area is 173 Å². The van der Waals surface area contributed by atoms with Crippen molar-refractivity contribution < 1.29 is 14.3 Å². The SMILES string of the molecule is C#CCNC(=O)COC(=O)CCc1nc2ccccc2c(=O)n1-c1ccc(C)cc1. The van der Waals surface area contributed by atoms with Gasteiger partial charge >= 0.3 is 5.97 Å². The molecule has 30 heavy (non-hydrogen) atoms. The van der Waals surface area contributed by atoms with E-state index in [1.54, 1.807) is 24.3 Å². The van der Waals surface area contributed by atoms with Crippen LogP contribution in [0.2, 0.25) is 0 Å². The summed E-state index contributed by atoms with van der Waals surface area (Å²) in [5.74, 6) is 1.67. The maximum atomic E-state index is 13.1. The number of nitrogens with zero attached hydrogens (tertiary/aromatic N) is 2. The van der Waals surface area contributed by atoms with Crippen LogP contribution in [0.3, 0.4) is 0 Å². The third-order valence-electron chi connectivity index (χ3n) is 4.44. The number of esters is 1. The molecule has 1 heterocycles. The number of carbonyl (C=O) groups excluding carboxylic acids is 2. The Kier molecular flexibility index (Phi) is 6.60. The van der Waals surface area contributed by atoms with Crippen LogP contribution in [0.15, 0.2) is 53.3 Å². The summed E-state index contributed by atoms with van der Waals surface area (Å²) in [6.45, 7) is 1.62. The molecule has 1 amide bonds. The minimum atomic E-state index is -0.566. The zero-order chi connectivity index (χ0) is 21.5. The summed E-state index contributed by atoms with van der Waals surface area (Å²) in [6.07, 6.45) is 5.21. The standard InChI is InChI=1S/C23H21N3O4/c1-3-14-24-21(27)15-30-22(28)13-12-20-25-19-7-5-4-6-18(19)23(29)26(20)17-10-8-16(2)9-11-17/h1,4-11H,12-15H2,2H3,(H,24,27). The van der Waals surface area contributed by atoms with Gasteiger partial charge < -0.3 is 10.1 Å². The lowest BCUT2D eigenvalue weighted by atomic mass is 10.2. The molecule has 3 aromatic rings. The van der Waals surface area contributed by atoms with Gasteiger partial charge in [-0.1, -0.05) is 35.7 Å². The molecule has 2 aromatic carbocycles. The summed E-state index contributed by atoms with van der Waals surface area (Å²) in [5.41, 5.74) is 2.08. The van der Waals surface area contributed by atoms with E-state index >= 15 is 0 Å². The molecule has 0 aliphatic rings. The smallest absolute Gasteiger partial charge is 0.306 e. The number of amides is 1. The zero-order valence-corrected chi connectivity index (χ0v) is 16.6. The fraction of sp³-hybridized carbons (Fsp3) is 0.217. The number of benzene rings is 2. The highest BCUT2D eigenvalue weighted by molar-refractivity contribution is 5.81. The Hall–Kier alpha value is -3.92. The van der Waals surface area contributed by atoms with Crippen LogP contribution >= 0.6 is 0 Å². The van der Waals surface area contributed by atoms with Crippen LogP contribution < -0.4 is 10.9 Å². The van der Waals surface area contributed by atoms with E-state index < -0.39 is 18.5 Å². The first-order chi connectivity index (χ1) is 14.5. The lowest BCUT2D eigenvalue weighted by molar-refractivity contribution is -0.148. The van der Waals surface area contributed by atoms with Gasteiger partial charge in [0.15, 0.2) is 6.61 Å². The molecule has 1 N–H and O–H groups in total. The Morgan fingerprint density at radius 2 is 1.90 bits per heavy atom. The van der Waals surface area contributed by atoms with Crippen molar-refractivity contribution in [3.8, 4) is 18.0 Å². The van der Waals surface area contributed by atoms with Gasteiger partial charge in [0.05, 0.1) is 29.6 Å². The highest BCUT2D eigenvalue weighted by Crippen LogP contribution is 2.15. The van der Waals surface area contributed by atoms with E-state index in [1.807, 2.05) is 31.2 Å². The highest BCUT2D eigenvalue weighted by atomic mass is 16.5. The van der Waals surface area contributed by atoms with Crippen LogP contribution in [0.1, 0.15) is 17.8 Å². The molecule has 7 nitrogen and oxygen atoms in total. The van der Waals surface area contributed by atoms with Crippen molar-refractivity contribution in [1.29, 1.82) is 0 Å². The first-order valence-corrected chi connectivity index (χ1v) is 9.43. The van der Waals surface area contributed by atoms with Crippen molar-refractivity contribution in [3.63, 3.8) is 0 Å². The molecule has 0 saturated carbocycles. The first kappa shape index (κ1) is 20.8. The third-order valence-corrected chi connectivity index (χ3v) is 4.44. The number of hydrogen-bond acceptors (Lipinski definition) is 5. The summed E-state index contributed by atoms with van der Waals surface area (Å²) in [7, 11) is 0. The van der Waals surface area contributed by atoms with Gasteiger partial charge in [-0.15, -0.1) is 6.42 Å². The van der Waals surface area contributed by atoms with Crippen molar-refractivity contribution in [3.05, 3.63) is 70.3 Å². The second-order valence-electron chi connectivity index (χ2n) is 6.66. The maximum absolute atomic E-state index is 13.1. The van der Waals surface area contributed by atoms with E-state index in [0.717, 1.165) is 5.56 Å². The van der Waals surface area contributed by atoms with Gasteiger partial charge in [0.1, 0.15) is 5.82 Å². The Bertz CT molecular complexity index is 1170. The summed E-state index contributed by atoms with van der Waals surface area (Å²) >= 11 is 0. The molecule has 0 saturated heterocycles. The quantitative estimate of drug-likeness (QED) is 0.481. The second kappa shape index (κ2) is 9.52. The monoisotopic (exact) mass is 403 g/mol. The van der Waals surface area contributed by atoms with E-state index in [0.29, 0.717) is 22.4 Å². The van der Waals surface area contributed by atoms with E-state index in [-0.39, 0.29) is 24.9 Å². The predicted octanol–water partition coefficient (Wildman–Crippen LogP) is 1.92. The molecule has 0 spiro atoms. The van der Waals surface area contributed by atoms with Crippen LogP contribution in [0.4, 0.5) is 0 Å². The van der Waals surface area contributed by atoms with Gasteiger partial charge in [-0.05, 0) is 31.2 Å². The third kappa shape index (κ3) is 4.92. The number of ether oxygens (including phenoxy) is 1. The van der Waals surface area contributed by atoms with Gasteiger partial charge in [0.2, 0.25) is 0 Å². The highest BCUT2D eigenvalue weighted by Gasteiger charge is 2.15. The van der Waals surface area contributed by atoms with Crippen molar-refractivity contribution >= 4 is 22.8 Å². The number of nitrogens with one attached hydrogen (secondary N) is 1. The summed E-state index contributed by atoms with van der Waals surface area (Å²) < 4.78 is 6.48. The fourth-order valence-corrected chi connectivity index (χ4v) is 2.94. The number of fused-ring (bicyclic) bond motifs is 1. The number of hydrogen-bond donors (Lipinski definition) is 1. The zero-order valence-electron chi connectivity index (χ0n) is 16.6. The Morgan fingerprint density at radius 1 is 1.17 bits per heavy atom. The number of rotatable bonds is 7. The first-order valence-electron chi connectivity index (χ1n) is 9.43. The number of carbonyl (C=O) groups is 2. The molecule has 0 aliphatic heterocycles. The van der Waals surface area contributed by atoms with Gasteiger partial charge in [-0.25, -0.2) is 4.98 Å². The molecule has 0 bridgehead atoms. The molecular weight excluding hydrogens is 382 g/mol. The molecule has 3 rings (SSSR count). The molecule has 0 aliphatic carbocycles. The predicted molar refractivity (Wildman–Crippen MR) is 113 cm³/mol. The largest absolute Gasteiger partial charge is 0.456 e. The minimum absolute atomic E-state index is 0.0287. The Balaban J connectivity index is 1.84. The van der Waals surface area contributed by atoms with Crippen molar-refractivity contribution in [2.24, 2.45) is 0 Å². The maximum Gasteiger partial charge on any atom is 0.306 e. The van der Waals surface area contributed by atoms with E-state index in [9.17, 15) is 14.4 Å². The average molecular weight is 403 g/mol. The molecule has 152 valence electrons. The van der Waals surface area contributed by atoms with E-state index in [2.05, 4.69) is 16.2 Å². The topological polar surface area (TPSA) is 90.3 Å². The van der Waals surface area contributed by atoms with Crippen molar-refractivity contribution in [1.82, 2.24) is 14.9 Å². The summed E-state index contributed by atoms with van der Waals surface area (Å²) in [4.78, 5) is 41.3. The minimum Gasteiger partial charge on any atom is -0.456 e. The van der Waals surface area contributed by atoms with Crippen LogP contribution in [0.5, 0.6) is 0 Å². The van der Waals surface area contributed by atoms with Gasteiger partial charge in [-0.3, -0.25) is 19.0 Å². The molecule has 0 fully saturated rings. The summed E-state index contributed by atoms with van der Waals surface area (Å²) in [5, 5.41) is 2.91. The van der Waals surface area contributed by atoms with Crippen molar-refractivity contribution in [2.75, 3.05) is 13.2 Å². The van der Waals surface area contributed by atoms with Crippen LogP contribution in [-0.4, -0.2) is 34.6 Å². The number of aryl methyl sites for hydroxylation is 2. The number of aromatic nitrogens is 2. The van der Waals surface area contributed by atoms with E-state index in [1.165, 1.54) is 4.57 Å². The summed E-state index contributed by atoms with van der Waals surface area (Å²) in [6, 6.07) is 14.6. The van der Waals surface area contributed by atoms with E-state index in [4.69, 9.17) is 11.2 Å². The number of para-hydroxylation sites is 1. The van der Waals surface area contributed by atoms with Gasteiger partial charge in [-0.2, -0.15) is 0 Å². The normalized spacial score (nSPS) is 10.4.